The van der Waals surface area contributed by atoms with Crippen LogP contribution in [0.25, 0.3) is 0 Å². The number of aromatic nitrogens is 1. The Morgan fingerprint density at radius 2 is 2.10 bits per heavy atom. The fourth-order valence-corrected chi connectivity index (χ4v) is 2.00. The Hall–Kier alpha value is -2.43. The van der Waals surface area contributed by atoms with E-state index < -0.39 is 0 Å². The van der Waals surface area contributed by atoms with Crippen molar-refractivity contribution in [3.8, 4) is 5.75 Å². The van der Waals surface area contributed by atoms with Crippen molar-refractivity contribution < 1.29 is 14.0 Å². The number of nitrogens with zero attached hydrogens (tertiary/aromatic N) is 2. The van der Waals surface area contributed by atoms with Crippen LogP contribution < -0.4 is 4.74 Å². The normalized spacial score (nSPS) is 10.9. The van der Waals surface area contributed by atoms with Crippen molar-refractivity contribution >= 4 is 6.21 Å². The van der Waals surface area contributed by atoms with Crippen LogP contribution in [-0.2, 0) is 11.4 Å². The lowest BCUT2D eigenvalue weighted by molar-refractivity contribution is 0.127. The quantitative estimate of drug-likeness (QED) is 0.625. The van der Waals surface area contributed by atoms with Crippen molar-refractivity contribution in [1.82, 2.24) is 4.98 Å². The molecule has 110 valence electrons. The summed E-state index contributed by atoms with van der Waals surface area (Å²) in [4.78, 5) is 9.44. The summed E-state index contributed by atoms with van der Waals surface area (Å²) in [5, 5.41) is 3.83. The topological polar surface area (TPSA) is 43.7 Å². The molecular weight excluding hydrogens is 271 g/mol. The number of hydrogen-bond acceptors (Lipinski definition) is 4. The minimum atomic E-state index is -0.380. The van der Waals surface area contributed by atoms with Crippen LogP contribution in [0, 0.1) is 19.7 Å². The molecule has 0 saturated carbocycles. The molecule has 1 heterocycles. The first-order valence-corrected chi connectivity index (χ1v) is 6.52. The Morgan fingerprint density at radius 3 is 2.81 bits per heavy atom. The summed E-state index contributed by atoms with van der Waals surface area (Å²) >= 11 is 0. The number of hydrogen-bond donors (Lipinski definition) is 0. The van der Waals surface area contributed by atoms with E-state index in [1.165, 1.54) is 19.4 Å². The number of methoxy groups -OCH3 is 1. The second-order valence-electron chi connectivity index (χ2n) is 4.64. The Balaban J connectivity index is 2.03. The molecule has 0 amide bonds. The fourth-order valence-electron chi connectivity index (χ4n) is 2.00. The largest absolute Gasteiger partial charge is 0.496 e. The molecule has 1 aromatic heterocycles. The maximum Gasteiger partial charge on any atom is 0.148 e. The van der Waals surface area contributed by atoms with E-state index in [0.717, 1.165) is 11.3 Å². The predicted octanol–water partition coefficient (Wildman–Crippen LogP) is 3.40. The summed E-state index contributed by atoms with van der Waals surface area (Å²) in [5.41, 5.74) is 3.05. The van der Waals surface area contributed by atoms with E-state index in [4.69, 9.17) is 9.57 Å². The lowest BCUT2D eigenvalue weighted by atomic mass is 10.2. The summed E-state index contributed by atoms with van der Waals surface area (Å²) in [6.07, 6.45) is 1.51. The monoisotopic (exact) mass is 288 g/mol. The van der Waals surface area contributed by atoms with Crippen molar-refractivity contribution in [3.63, 3.8) is 0 Å². The molecule has 5 heteroatoms. The van der Waals surface area contributed by atoms with Gasteiger partial charge >= 0.3 is 0 Å². The van der Waals surface area contributed by atoms with Crippen LogP contribution in [-0.4, -0.2) is 18.3 Å². The standard InChI is InChI=1S/C16H17FN2O2/c1-11-7-12(2)19-13(8-11)9-18-21-10-14-15(17)5-4-6-16(14)20-3/h4-9H,10H2,1-3H3/b18-9+. The van der Waals surface area contributed by atoms with Crippen LogP contribution in [0.3, 0.4) is 0 Å². The number of benzene rings is 1. The molecule has 21 heavy (non-hydrogen) atoms. The van der Waals surface area contributed by atoms with Gasteiger partial charge in [-0.3, -0.25) is 4.98 Å². The summed E-state index contributed by atoms with van der Waals surface area (Å²) in [6, 6.07) is 8.49. The van der Waals surface area contributed by atoms with E-state index in [2.05, 4.69) is 10.1 Å². The van der Waals surface area contributed by atoms with Crippen LogP contribution in [0.1, 0.15) is 22.5 Å². The number of aryl methyl sites for hydroxylation is 2. The molecule has 0 aliphatic heterocycles. The van der Waals surface area contributed by atoms with Crippen molar-refractivity contribution in [2.75, 3.05) is 7.11 Å². The first-order chi connectivity index (χ1) is 10.1. The van der Waals surface area contributed by atoms with Crippen molar-refractivity contribution in [3.05, 3.63) is 58.7 Å². The lowest BCUT2D eigenvalue weighted by Crippen LogP contribution is -1.98. The number of pyridine rings is 1. The highest BCUT2D eigenvalue weighted by Crippen LogP contribution is 2.21. The van der Waals surface area contributed by atoms with Gasteiger partial charge in [0.05, 0.1) is 24.6 Å². The van der Waals surface area contributed by atoms with Gasteiger partial charge in [-0.15, -0.1) is 0 Å². The van der Waals surface area contributed by atoms with Gasteiger partial charge in [0.25, 0.3) is 0 Å². The van der Waals surface area contributed by atoms with E-state index in [9.17, 15) is 4.39 Å². The molecule has 0 aliphatic carbocycles. The van der Waals surface area contributed by atoms with Crippen molar-refractivity contribution in [2.24, 2.45) is 5.16 Å². The zero-order valence-electron chi connectivity index (χ0n) is 12.3. The van der Waals surface area contributed by atoms with Crippen LogP contribution >= 0.6 is 0 Å². The Kier molecular flexibility index (Phi) is 4.87. The second-order valence-corrected chi connectivity index (χ2v) is 4.64. The van der Waals surface area contributed by atoms with Gasteiger partial charge in [-0.1, -0.05) is 11.2 Å². The summed E-state index contributed by atoms with van der Waals surface area (Å²) in [5.74, 6) is 0.0591. The molecule has 1 aromatic carbocycles. The highest BCUT2D eigenvalue weighted by molar-refractivity contribution is 5.76. The molecule has 0 saturated heterocycles. The van der Waals surface area contributed by atoms with Crippen LogP contribution in [0.5, 0.6) is 5.75 Å². The van der Waals surface area contributed by atoms with Gasteiger partial charge in [-0.05, 0) is 43.7 Å². The first kappa shape index (κ1) is 15.0. The van der Waals surface area contributed by atoms with E-state index in [0.29, 0.717) is 17.0 Å². The molecular formula is C16H17FN2O2. The molecule has 2 aromatic rings. The smallest absolute Gasteiger partial charge is 0.148 e. The van der Waals surface area contributed by atoms with Gasteiger partial charge in [0.2, 0.25) is 0 Å². The average Bonchev–Trinajstić information content (AvgIpc) is 2.43. The SMILES string of the molecule is COc1cccc(F)c1CO/N=C/c1cc(C)cc(C)n1. The van der Waals surface area contributed by atoms with Crippen LogP contribution in [0.2, 0.25) is 0 Å². The second kappa shape index (κ2) is 6.83. The Labute approximate surface area is 123 Å². The molecule has 0 aliphatic rings. The maximum atomic E-state index is 13.7. The fraction of sp³-hybridized carbons (Fsp3) is 0.250. The summed E-state index contributed by atoms with van der Waals surface area (Å²) < 4.78 is 18.8. The highest BCUT2D eigenvalue weighted by atomic mass is 19.1. The van der Waals surface area contributed by atoms with Crippen molar-refractivity contribution in [2.45, 2.75) is 20.5 Å². The molecule has 2 rings (SSSR count). The number of rotatable bonds is 5. The average molecular weight is 288 g/mol. The van der Waals surface area contributed by atoms with E-state index in [1.807, 2.05) is 26.0 Å². The number of halogens is 1. The zero-order chi connectivity index (χ0) is 15.2. The van der Waals surface area contributed by atoms with Gasteiger partial charge in [0.1, 0.15) is 18.2 Å². The minimum absolute atomic E-state index is 0.00283. The lowest BCUT2D eigenvalue weighted by Gasteiger charge is -2.07. The van der Waals surface area contributed by atoms with Gasteiger partial charge < -0.3 is 9.57 Å². The number of ether oxygens (including phenoxy) is 1. The first-order valence-electron chi connectivity index (χ1n) is 6.52. The molecule has 0 spiro atoms. The van der Waals surface area contributed by atoms with Crippen LogP contribution in [0.15, 0.2) is 35.5 Å². The molecule has 0 fully saturated rings. The minimum Gasteiger partial charge on any atom is -0.496 e. The molecule has 4 nitrogen and oxygen atoms in total. The Morgan fingerprint density at radius 1 is 1.29 bits per heavy atom. The highest BCUT2D eigenvalue weighted by Gasteiger charge is 2.09. The summed E-state index contributed by atoms with van der Waals surface area (Å²) in [7, 11) is 1.49. The predicted molar refractivity (Wildman–Crippen MR) is 79.0 cm³/mol. The third-order valence-corrected chi connectivity index (χ3v) is 2.88. The molecule has 0 atom stereocenters. The van der Waals surface area contributed by atoms with E-state index in [1.54, 1.807) is 12.1 Å². The maximum absolute atomic E-state index is 13.7. The third kappa shape index (κ3) is 4.02. The molecule has 0 radical (unpaired) electrons. The van der Waals surface area contributed by atoms with Gasteiger partial charge in [0, 0.05) is 5.69 Å². The van der Waals surface area contributed by atoms with Gasteiger partial charge in [-0.25, -0.2) is 4.39 Å². The molecule has 0 bridgehead atoms. The van der Waals surface area contributed by atoms with Gasteiger partial charge in [0.15, 0.2) is 0 Å². The van der Waals surface area contributed by atoms with E-state index >= 15 is 0 Å². The summed E-state index contributed by atoms with van der Waals surface area (Å²) in [6.45, 7) is 3.89. The van der Waals surface area contributed by atoms with E-state index in [-0.39, 0.29) is 12.4 Å². The molecule has 0 N–H and O–H groups in total. The number of oxime groups is 1. The van der Waals surface area contributed by atoms with Gasteiger partial charge in [-0.2, -0.15) is 0 Å². The third-order valence-electron chi connectivity index (χ3n) is 2.88. The van der Waals surface area contributed by atoms with Crippen molar-refractivity contribution in [1.29, 1.82) is 0 Å². The zero-order valence-corrected chi connectivity index (χ0v) is 12.3. The Bertz CT molecular complexity index is 636. The molecule has 0 unspecified atom stereocenters. The van der Waals surface area contributed by atoms with Crippen LogP contribution in [0.4, 0.5) is 4.39 Å².